The highest BCUT2D eigenvalue weighted by molar-refractivity contribution is 5.81. The Kier molecular flexibility index (Phi) is 5.69. The zero-order valence-electron chi connectivity index (χ0n) is 10.1. The van der Waals surface area contributed by atoms with Gasteiger partial charge in [-0.05, 0) is 19.3 Å². The minimum atomic E-state index is 0.520. The maximum absolute atomic E-state index is 8.11. The predicted molar refractivity (Wildman–Crippen MR) is 63.4 cm³/mol. The molecule has 15 heavy (non-hydrogen) atoms. The molecule has 0 aromatic rings. The van der Waals surface area contributed by atoms with Gasteiger partial charge in [0, 0.05) is 33.2 Å². The van der Waals surface area contributed by atoms with Crippen LogP contribution >= 0.6 is 0 Å². The fraction of sp³-hybridized carbons (Fsp3) is 0.917. The maximum Gasteiger partial charge on any atom is 0.0986 e. The zero-order valence-corrected chi connectivity index (χ0v) is 10.1. The molecule has 1 rings (SSSR count). The van der Waals surface area contributed by atoms with E-state index in [1.807, 2.05) is 7.05 Å². The van der Waals surface area contributed by atoms with Crippen molar-refractivity contribution in [2.75, 3.05) is 27.3 Å². The molecular formula is C12H24N2O. The fourth-order valence-corrected chi connectivity index (χ4v) is 2.25. The molecule has 1 fully saturated rings. The lowest BCUT2D eigenvalue weighted by molar-refractivity contribution is 0.187. The van der Waals surface area contributed by atoms with Crippen molar-refractivity contribution in [1.29, 1.82) is 5.41 Å². The Morgan fingerprint density at radius 1 is 1.33 bits per heavy atom. The van der Waals surface area contributed by atoms with Crippen LogP contribution in [0, 0.1) is 11.3 Å². The van der Waals surface area contributed by atoms with Crippen molar-refractivity contribution in [3.05, 3.63) is 0 Å². The molecule has 3 nitrogen and oxygen atoms in total. The van der Waals surface area contributed by atoms with Gasteiger partial charge in [-0.3, -0.25) is 5.41 Å². The smallest absolute Gasteiger partial charge is 0.0986 e. The number of amidine groups is 1. The van der Waals surface area contributed by atoms with E-state index >= 15 is 0 Å². The first-order valence-electron chi connectivity index (χ1n) is 6.04. The van der Waals surface area contributed by atoms with E-state index in [-0.39, 0.29) is 0 Å². The summed E-state index contributed by atoms with van der Waals surface area (Å²) >= 11 is 0. The van der Waals surface area contributed by atoms with E-state index < -0.39 is 0 Å². The highest BCUT2D eigenvalue weighted by Crippen LogP contribution is 2.25. The molecule has 0 atom stereocenters. The molecule has 0 saturated heterocycles. The van der Waals surface area contributed by atoms with Gasteiger partial charge in [0.25, 0.3) is 0 Å². The second kappa shape index (κ2) is 6.83. The predicted octanol–water partition coefficient (Wildman–Crippen LogP) is 2.51. The molecule has 0 aromatic heterocycles. The van der Waals surface area contributed by atoms with Crippen LogP contribution in [0.3, 0.4) is 0 Å². The van der Waals surface area contributed by atoms with Crippen LogP contribution in [0.15, 0.2) is 0 Å². The Morgan fingerprint density at radius 2 is 2.00 bits per heavy atom. The number of nitrogens with zero attached hydrogens (tertiary/aromatic N) is 1. The van der Waals surface area contributed by atoms with Crippen molar-refractivity contribution in [1.82, 2.24) is 4.90 Å². The van der Waals surface area contributed by atoms with Crippen molar-refractivity contribution < 1.29 is 4.74 Å². The van der Waals surface area contributed by atoms with Crippen molar-refractivity contribution in [3.8, 4) is 0 Å². The van der Waals surface area contributed by atoms with E-state index in [2.05, 4.69) is 4.90 Å². The molecule has 1 aliphatic rings. The molecule has 0 aromatic carbocycles. The molecule has 1 saturated carbocycles. The SMILES string of the molecule is COCCCN(C)C(=N)C1CCCCC1. The third-order valence-corrected chi connectivity index (χ3v) is 3.25. The Balaban J connectivity index is 2.24. The minimum absolute atomic E-state index is 0.520. The zero-order chi connectivity index (χ0) is 11.1. The van der Waals surface area contributed by atoms with Gasteiger partial charge < -0.3 is 9.64 Å². The molecule has 0 aliphatic heterocycles. The molecule has 0 unspecified atom stereocenters. The van der Waals surface area contributed by atoms with Crippen LogP contribution < -0.4 is 0 Å². The van der Waals surface area contributed by atoms with Gasteiger partial charge in [0.15, 0.2) is 0 Å². The molecule has 1 N–H and O–H groups in total. The van der Waals surface area contributed by atoms with Crippen LogP contribution in [0.5, 0.6) is 0 Å². The van der Waals surface area contributed by atoms with Gasteiger partial charge >= 0.3 is 0 Å². The summed E-state index contributed by atoms with van der Waals surface area (Å²) in [7, 11) is 3.76. The van der Waals surface area contributed by atoms with Gasteiger partial charge in [0.2, 0.25) is 0 Å². The third kappa shape index (κ3) is 4.20. The average molecular weight is 212 g/mol. The summed E-state index contributed by atoms with van der Waals surface area (Å²) in [6.07, 6.45) is 7.41. The second-order valence-electron chi connectivity index (χ2n) is 4.49. The quantitative estimate of drug-likeness (QED) is 0.432. The molecule has 1 aliphatic carbocycles. The van der Waals surface area contributed by atoms with Crippen LogP contribution in [0.4, 0.5) is 0 Å². The molecule has 0 spiro atoms. The molecule has 0 radical (unpaired) electrons. The highest BCUT2D eigenvalue weighted by atomic mass is 16.5. The number of hydrogen-bond acceptors (Lipinski definition) is 2. The minimum Gasteiger partial charge on any atom is -0.385 e. The van der Waals surface area contributed by atoms with Gasteiger partial charge in [0.1, 0.15) is 0 Å². The topological polar surface area (TPSA) is 36.3 Å². The molecule has 88 valence electrons. The lowest BCUT2D eigenvalue weighted by Gasteiger charge is -2.29. The Hall–Kier alpha value is -0.570. The number of rotatable bonds is 5. The van der Waals surface area contributed by atoms with E-state index in [9.17, 15) is 0 Å². The summed E-state index contributed by atoms with van der Waals surface area (Å²) in [5.41, 5.74) is 0. The fourth-order valence-electron chi connectivity index (χ4n) is 2.25. The summed E-state index contributed by atoms with van der Waals surface area (Å²) in [5, 5.41) is 8.11. The van der Waals surface area contributed by atoms with E-state index in [1.54, 1.807) is 7.11 Å². The summed E-state index contributed by atoms with van der Waals surface area (Å²) in [4.78, 5) is 2.09. The van der Waals surface area contributed by atoms with E-state index in [4.69, 9.17) is 10.1 Å². The summed E-state index contributed by atoms with van der Waals surface area (Å²) in [6, 6.07) is 0. The van der Waals surface area contributed by atoms with Gasteiger partial charge in [-0.25, -0.2) is 0 Å². The largest absolute Gasteiger partial charge is 0.385 e. The molecular weight excluding hydrogens is 188 g/mol. The van der Waals surface area contributed by atoms with Crippen LogP contribution in [0.25, 0.3) is 0 Å². The van der Waals surface area contributed by atoms with E-state index in [1.165, 1.54) is 32.1 Å². The van der Waals surface area contributed by atoms with Gasteiger partial charge in [-0.1, -0.05) is 19.3 Å². The van der Waals surface area contributed by atoms with Gasteiger partial charge in [0.05, 0.1) is 5.84 Å². The standard InChI is InChI=1S/C12H24N2O/c1-14(9-6-10-15-2)12(13)11-7-4-3-5-8-11/h11,13H,3-10H2,1-2H3. The monoisotopic (exact) mass is 212 g/mol. The van der Waals surface area contributed by atoms with Crippen molar-refractivity contribution in [2.24, 2.45) is 5.92 Å². The lowest BCUT2D eigenvalue weighted by Crippen LogP contribution is -2.34. The van der Waals surface area contributed by atoms with Gasteiger partial charge in [-0.2, -0.15) is 0 Å². The van der Waals surface area contributed by atoms with Crippen LogP contribution in [0.2, 0.25) is 0 Å². The third-order valence-electron chi connectivity index (χ3n) is 3.25. The first kappa shape index (κ1) is 12.5. The maximum atomic E-state index is 8.11. The van der Waals surface area contributed by atoms with Crippen LogP contribution in [-0.2, 0) is 4.74 Å². The molecule has 0 amide bonds. The lowest BCUT2D eigenvalue weighted by atomic mass is 9.88. The molecule has 0 heterocycles. The van der Waals surface area contributed by atoms with Crippen LogP contribution in [0.1, 0.15) is 38.5 Å². The number of hydrogen-bond donors (Lipinski definition) is 1. The average Bonchev–Trinajstić information content (AvgIpc) is 2.29. The first-order chi connectivity index (χ1) is 7.25. The second-order valence-corrected chi connectivity index (χ2v) is 4.49. The van der Waals surface area contributed by atoms with Crippen LogP contribution in [-0.4, -0.2) is 38.0 Å². The molecule has 0 bridgehead atoms. The Morgan fingerprint density at radius 3 is 2.60 bits per heavy atom. The Labute approximate surface area is 93.3 Å². The Bertz CT molecular complexity index is 188. The summed E-state index contributed by atoms with van der Waals surface area (Å²) < 4.78 is 5.02. The van der Waals surface area contributed by atoms with Crippen molar-refractivity contribution in [2.45, 2.75) is 38.5 Å². The van der Waals surface area contributed by atoms with E-state index in [0.29, 0.717) is 5.92 Å². The van der Waals surface area contributed by atoms with Gasteiger partial charge in [-0.15, -0.1) is 0 Å². The number of nitrogens with one attached hydrogen (secondary N) is 1. The van der Waals surface area contributed by atoms with Crippen molar-refractivity contribution in [3.63, 3.8) is 0 Å². The number of ether oxygens (including phenoxy) is 1. The number of methoxy groups -OCH3 is 1. The normalized spacial score (nSPS) is 17.7. The highest BCUT2D eigenvalue weighted by Gasteiger charge is 2.20. The summed E-state index contributed by atoms with van der Waals surface area (Å²) in [5.74, 6) is 1.36. The van der Waals surface area contributed by atoms with E-state index in [0.717, 1.165) is 25.4 Å². The molecule has 3 heteroatoms. The first-order valence-corrected chi connectivity index (χ1v) is 6.04. The summed E-state index contributed by atoms with van der Waals surface area (Å²) in [6.45, 7) is 1.74. The van der Waals surface area contributed by atoms with Crippen molar-refractivity contribution >= 4 is 5.84 Å².